The number of hydrogen-bond donors (Lipinski definition) is 0. The number of hydrogen-bond acceptors (Lipinski definition) is 6. The first-order chi connectivity index (χ1) is 19.5. The van der Waals surface area contributed by atoms with Crippen molar-refractivity contribution in [3.63, 3.8) is 0 Å². The molecule has 6 aromatic rings. The minimum absolute atomic E-state index is 0. The second-order valence-electron chi connectivity index (χ2n) is 7.56. The van der Waals surface area contributed by atoms with Crippen LogP contribution in [0.3, 0.4) is 0 Å². The molecule has 12 heteroatoms. The minimum atomic E-state index is -0.649. The molecule has 0 spiro atoms. The van der Waals surface area contributed by atoms with E-state index in [1.54, 1.807) is 73.6 Å². The molecule has 0 amide bonds. The molecule has 4 aromatic heterocycles. The van der Waals surface area contributed by atoms with Gasteiger partial charge in [0.2, 0.25) is 0 Å². The second kappa shape index (κ2) is 25.2. The maximum Gasteiger partial charge on any atom is 2.00 e. The predicted molar refractivity (Wildman–Crippen MR) is 163 cm³/mol. The number of aromatic nitrogens is 4. The zero-order valence-corrected chi connectivity index (χ0v) is 28.9. The van der Waals surface area contributed by atoms with Crippen LogP contribution in [0.2, 0.25) is 0 Å². The number of rotatable bonds is 2. The van der Waals surface area contributed by atoms with Crippen LogP contribution in [-0.4, -0.2) is 19.9 Å². The van der Waals surface area contributed by atoms with Crippen LogP contribution >= 0.6 is 0 Å². The van der Waals surface area contributed by atoms with Crippen molar-refractivity contribution in [3.05, 3.63) is 170 Å². The summed E-state index contributed by atoms with van der Waals surface area (Å²) in [5, 5.41) is 0. The molecule has 0 saturated heterocycles. The molecule has 0 aliphatic rings. The fourth-order valence-corrected chi connectivity index (χ4v) is 2.93. The Hall–Kier alpha value is -3.16. The normalized spacial score (nSPS) is 8.64. The van der Waals surface area contributed by atoms with Crippen LogP contribution < -0.4 is 0 Å². The van der Waals surface area contributed by atoms with Gasteiger partial charge in [0.25, 0.3) is 0 Å². The van der Waals surface area contributed by atoms with E-state index >= 15 is 0 Å². The van der Waals surface area contributed by atoms with E-state index in [9.17, 15) is 17.6 Å². The number of halogens is 4. The SMILES string of the molecule is Fc1c[c-]c(-c2ccccn2)c(F)c1.Fc1c[c-]c(-c2ccccn2)c(F)c1.[Pt+2].[Pt+2].[SH-].[SH-].c1ccncc1.c1ccncc1. The van der Waals surface area contributed by atoms with E-state index < -0.39 is 23.3 Å². The predicted octanol–water partition coefficient (Wildman–Crippen LogP) is 7.27. The summed E-state index contributed by atoms with van der Waals surface area (Å²) >= 11 is 0. The van der Waals surface area contributed by atoms with Crippen LogP contribution in [0, 0.1) is 35.4 Å². The fourth-order valence-electron chi connectivity index (χ4n) is 2.93. The molecule has 0 atom stereocenters. The van der Waals surface area contributed by atoms with Crippen molar-refractivity contribution in [2.24, 2.45) is 0 Å². The van der Waals surface area contributed by atoms with Crippen molar-refractivity contribution < 1.29 is 59.7 Å². The summed E-state index contributed by atoms with van der Waals surface area (Å²) in [6, 6.07) is 30.5. The molecule has 0 N–H and O–H groups in total. The molecule has 0 aliphatic heterocycles. The Balaban J connectivity index is 0. The molecule has 0 fully saturated rings. The molecule has 6 rings (SSSR count). The summed E-state index contributed by atoms with van der Waals surface area (Å²) < 4.78 is 51.6. The Morgan fingerprint density at radius 2 is 0.795 bits per heavy atom. The third-order valence-corrected chi connectivity index (χ3v) is 4.69. The number of benzene rings is 2. The van der Waals surface area contributed by atoms with E-state index in [0.29, 0.717) is 11.4 Å². The zero-order valence-electron chi connectivity index (χ0n) is 22.5. The first-order valence-corrected chi connectivity index (χ1v) is 11.8. The van der Waals surface area contributed by atoms with E-state index in [1.807, 2.05) is 36.4 Å². The maximum atomic E-state index is 13.2. The van der Waals surface area contributed by atoms with Crippen LogP contribution in [-0.2, 0) is 69.1 Å². The molecule has 44 heavy (non-hydrogen) atoms. The molecule has 0 saturated carbocycles. The molecule has 4 nitrogen and oxygen atoms in total. The van der Waals surface area contributed by atoms with E-state index in [-0.39, 0.29) is 80.2 Å². The van der Waals surface area contributed by atoms with Gasteiger partial charge in [0, 0.05) is 60.4 Å². The number of thiol groups is 2. The van der Waals surface area contributed by atoms with Gasteiger partial charge in [-0.05, 0) is 47.8 Å². The standard InChI is InChI=1S/2C11H6F2N.2C5H5N.2Pt.2H2S/c2*12-8-4-5-9(10(13)7-8)11-3-1-2-6-14-11;2*1-2-4-6-5-3-1;;;;/h2*1-4,6-7H;2*1-5H;;;2*1H2/q2*-1;;;2*+2;;/p-2. The second-order valence-corrected chi connectivity index (χ2v) is 7.56. The molecular formula is C32H24F4N4Pt2S2. The van der Waals surface area contributed by atoms with E-state index in [0.717, 1.165) is 24.3 Å². The van der Waals surface area contributed by atoms with Gasteiger partial charge < -0.3 is 37.0 Å². The Kier molecular flexibility index (Phi) is 24.6. The van der Waals surface area contributed by atoms with Crippen molar-refractivity contribution in [3.8, 4) is 22.5 Å². The van der Waals surface area contributed by atoms with Gasteiger partial charge in [-0.25, -0.2) is 0 Å². The van der Waals surface area contributed by atoms with Gasteiger partial charge in [0.1, 0.15) is 0 Å². The summed E-state index contributed by atoms with van der Waals surface area (Å²) in [5.41, 5.74) is 1.27. The van der Waals surface area contributed by atoms with Gasteiger partial charge in [0.15, 0.2) is 0 Å². The molecule has 2 aromatic carbocycles. The van der Waals surface area contributed by atoms with Gasteiger partial charge in [-0.3, -0.25) is 27.5 Å². The third kappa shape index (κ3) is 16.1. The molecule has 0 unspecified atom stereocenters. The Bertz CT molecular complexity index is 1370. The Morgan fingerprint density at radius 1 is 0.455 bits per heavy atom. The molecule has 4 heterocycles. The summed E-state index contributed by atoms with van der Waals surface area (Å²) in [5.74, 6) is -2.57. The average molecular weight is 995 g/mol. The number of nitrogens with zero attached hydrogens (tertiary/aromatic N) is 4. The van der Waals surface area contributed by atoms with Crippen molar-refractivity contribution in [1.29, 1.82) is 0 Å². The monoisotopic (exact) mass is 994 g/mol. The van der Waals surface area contributed by atoms with Gasteiger partial charge in [0.05, 0.1) is 0 Å². The summed E-state index contributed by atoms with van der Waals surface area (Å²) in [6.07, 6.45) is 10.1. The van der Waals surface area contributed by atoms with Gasteiger partial charge in [-0.15, -0.1) is 24.3 Å². The molecule has 0 aliphatic carbocycles. The van der Waals surface area contributed by atoms with Crippen LogP contribution in [0.5, 0.6) is 0 Å². The minimum Gasteiger partial charge on any atom is -0.813 e. The summed E-state index contributed by atoms with van der Waals surface area (Å²) in [4.78, 5) is 15.5. The topological polar surface area (TPSA) is 51.6 Å². The molecule has 0 radical (unpaired) electrons. The van der Waals surface area contributed by atoms with Crippen LogP contribution in [0.1, 0.15) is 0 Å². The van der Waals surface area contributed by atoms with Gasteiger partial charge in [-0.2, -0.15) is 0 Å². The number of pyridine rings is 4. The van der Waals surface area contributed by atoms with Gasteiger partial charge in [-0.1, -0.05) is 59.7 Å². The first kappa shape index (κ1) is 43.0. The van der Waals surface area contributed by atoms with Gasteiger partial charge >= 0.3 is 42.1 Å². The van der Waals surface area contributed by atoms with E-state index in [2.05, 4.69) is 32.1 Å². The molecule has 232 valence electrons. The van der Waals surface area contributed by atoms with Crippen molar-refractivity contribution in [2.45, 2.75) is 0 Å². The van der Waals surface area contributed by atoms with Crippen LogP contribution in [0.25, 0.3) is 22.5 Å². The maximum absolute atomic E-state index is 13.2. The Labute approximate surface area is 296 Å². The Morgan fingerprint density at radius 3 is 1.02 bits per heavy atom. The third-order valence-electron chi connectivity index (χ3n) is 4.69. The van der Waals surface area contributed by atoms with E-state index in [1.165, 1.54) is 0 Å². The largest absolute Gasteiger partial charge is 2.00 e. The first-order valence-electron chi connectivity index (χ1n) is 11.8. The van der Waals surface area contributed by atoms with E-state index in [4.69, 9.17) is 0 Å². The molecular weight excluding hydrogens is 971 g/mol. The fraction of sp³-hybridized carbons (Fsp3) is 0. The smallest absolute Gasteiger partial charge is 0.813 e. The summed E-state index contributed by atoms with van der Waals surface area (Å²) in [6.45, 7) is 0. The molecule has 0 bridgehead atoms. The summed E-state index contributed by atoms with van der Waals surface area (Å²) in [7, 11) is 0. The van der Waals surface area contributed by atoms with Crippen molar-refractivity contribution >= 4 is 27.0 Å². The average Bonchev–Trinajstić information content (AvgIpc) is 3.01. The van der Waals surface area contributed by atoms with Crippen LogP contribution in [0.4, 0.5) is 17.6 Å². The zero-order chi connectivity index (χ0) is 28.4. The van der Waals surface area contributed by atoms with Crippen molar-refractivity contribution in [2.75, 3.05) is 0 Å². The van der Waals surface area contributed by atoms with Crippen LogP contribution in [0.15, 0.2) is 134 Å². The van der Waals surface area contributed by atoms with Crippen molar-refractivity contribution in [1.82, 2.24) is 19.9 Å². The quantitative estimate of drug-likeness (QED) is 0.0789.